The first-order valence-corrected chi connectivity index (χ1v) is 7.33. The van der Waals surface area contributed by atoms with Crippen LogP contribution in [0.25, 0.3) is 0 Å². The van der Waals surface area contributed by atoms with E-state index in [1.807, 2.05) is 31.2 Å². The van der Waals surface area contributed by atoms with Crippen molar-refractivity contribution < 1.29 is 19.0 Å². The largest absolute Gasteiger partial charge is 0.454 e. The van der Waals surface area contributed by atoms with Crippen molar-refractivity contribution in [2.75, 3.05) is 6.79 Å². The summed E-state index contributed by atoms with van der Waals surface area (Å²) in [6.07, 6.45) is 0.344. The van der Waals surface area contributed by atoms with E-state index in [4.69, 9.17) is 14.2 Å². The van der Waals surface area contributed by atoms with Crippen molar-refractivity contribution in [2.24, 2.45) is 0 Å². The van der Waals surface area contributed by atoms with E-state index in [9.17, 15) is 4.79 Å². The summed E-state index contributed by atoms with van der Waals surface area (Å²) >= 11 is 0. The molecule has 0 amide bonds. The molecule has 2 aromatic rings. The number of ether oxygens (including phenoxy) is 3. The van der Waals surface area contributed by atoms with Crippen LogP contribution in [0.15, 0.2) is 30.3 Å². The molecule has 0 aromatic heterocycles. The number of hydrogen-bond donors (Lipinski definition) is 0. The van der Waals surface area contributed by atoms with Gasteiger partial charge in [0.05, 0.1) is 6.42 Å². The van der Waals surface area contributed by atoms with Crippen LogP contribution >= 0.6 is 0 Å². The highest BCUT2D eigenvalue weighted by atomic mass is 16.7. The highest BCUT2D eigenvalue weighted by molar-refractivity contribution is 5.78. The minimum absolute atomic E-state index is 0.00801. The van der Waals surface area contributed by atoms with E-state index in [2.05, 4.69) is 13.0 Å². The third kappa shape index (κ3) is 2.03. The van der Waals surface area contributed by atoms with Gasteiger partial charge in [-0.15, -0.1) is 0 Å². The molecule has 2 aliphatic rings. The van der Waals surface area contributed by atoms with Crippen LogP contribution in [0.1, 0.15) is 34.6 Å². The summed E-state index contributed by atoms with van der Waals surface area (Å²) in [5, 5.41) is 0. The maximum Gasteiger partial charge on any atom is 0.312 e. The Labute approximate surface area is 128 Å². The molecule has 0 spiro atoms. The second kappa shape index (κ2) is 4.77. The van der Waals surface area contributed by atoms with Gasteiger partial charge in [-0.05, 0) is 48.7 Å². The van der Waals surface area contributed by atoms with Crippen molar-refractivity contribution in [3.8, 4) is 17.2 Å². The molecular weight excluding hydrogens is 280 g/mol. The number of carbonyl (C=O) groups is 1. The first-order valence-electron chi connectivity index (χ1n) is 7.33. The van der Waals surface area contributed by atoms with Crippen molar-refractivity contribution in [3.63, 3.8) is 0 Å². The molecule has 4 heteroatoms. The Morgan fingerprint density at radius 1 is 1.00 bits per heavy atom. The van der Waals surface area contributed by atoms with E-state index in [1.54, 1.807) is 0 Å². The molecule has 0 radical (unpaired) electrons. The molecule has 2 aliphatic heterocycles. The Morgan fingerprint density at radius 2 is 1.82 bits per heavy atom. The van der Waals surface area contributed by atoms with Gasteiger partial charge in [-0.3, -0.25) is 4.79 Å². The van der Waals surface area contributed by atoms with E-state index < -0.39 is 0 Å². The van der Waals surface area contributed by atoms with Gasteiger partial charge in [-0.2, -0.15) is 0 Å². The van der Waals surface area contributed by atoms with Gasteiger partial charge in [0, 0.05) is 11.5 Å². The molecule has 0 aliphatic carbocycles. The Kier molecular flexibility index (Phi) is 2.86. The van der Waals surface area contributed by atoms with Crippen molar-refractivity contribution in [2.45, 2.75) is 26.2 Å². The minimum Gasteiger partial charge on any atom is -0.454 e. The van der Waals surface area contributed by atoms with Crippen LogP contribution in [0.5, 0.6) is 17.2 Å². The van der Waals surface area contributed by atoms with E-state index in [0.29, 0.717) is 12.2 Å². The highest BCUT2D eigenvalue weighted by Crippen LogP contribution is 2.43. The van der Waals surface area contributed by atoms with Gasteiger partial charge in [-0.25, -0.2) is 0 Å². The Morgan fingerprint density at radius 3 is 2.68 bits per heavy atom. The van der Waals surface area contributed by atoms with E-state index in [0.717, 1.165) is 33.8 Å². The molecule has 1 atom stereocenters. The fraction of sp³-hybridized carbons (Fsp3) is 0.278. The predicted molar refractivity (Wildman–Crippen MR) is 80.6 cm³/mol. The summed E-state index contributed by atoms with van der Waals surface area (Å²) in [6.45, 7) is 4.32. The maximum absolute atomic E-state index is 12.0. The Hall–Kier alpha value is -2.49. The van der Waals surface area contributed by atoms with Gasteiger partial charge in [0.25, 0.3) is 0 Å². The van der Waals surface area contributed by atoms with Crippen LogP contribution in [0.2, 0.25) is 0 Å². The zero-order valence-corrected chi connectivity index (χ0v) is 12.5. The first kappa shape index (κ1) is 13.2. The average molecular weight is 296 g/mol. The van der Waals surface area contributed by atoms with Gasteiger partial charge in [0.1, 0.15) is 5.75 Å². The maximum atomic E-state index is 12.0. The van der Waals surface area contributed by atoms with Crippen LogP contribution in [0.4, 0.5) is 0 Å². The van der Waals surface area contributed by atoms with Gasteiger partial charge in [0.15, 0.2) is 11.5 Å². The molecule has 1 unspecified atom stereocenters. The number of fused-ring (bicyclic) bond motifs is 2. The lowest BCUT2D eigenvalue weighted by molar-refractivity contribution is -0.135. The summed E-state index contributed by atoms with van der Waals surface area (Å²) in [4.78, 5) is 12.0. The van der Waals surface area contributed by atoms with Gasteiger partial charge in [-0.1, -0.05) is 12.1 Å². The number of rotatable bonds is 1. The van der Waals surface area contributed by atoms with Crippen LogP contribution in [0, 0.1) is 13.8 Å². The fourth-order valence-electron chi connectivity index (χ4n) is 3.32. The molecule has 4 nitrogen and oxygen atoms in total. The second-order valence-electron chi connectivity index (χ2n) is 5.84. The number of hydrogen-bond acceptors (Lipinski definition) is 4. The van der Waals surface area contributed by atoms with Gasteiger partial charge < -0.3 is 14.2 Å². The van der Waals surface area contributed by atoms with Gasteiger partial charge in [0.2, 0.25) is 6.79 Å². The number of benzene rings is 2. The lowest BCUT2D eigenvalue weighted by Gasteiger charge is -2.27. The van der Waals surface area contributed by atoms with E-state index >= 15 is 0 Å². The number of aryl methyl sites for hydroxylation is 2. The summed E-state index contributed by atoms with van der Waals surface area (Å²) in [7, 11) is 0. The molecule has 0 bridgehead atoms. The molecule has 2 aromatic carbocycles. The third-order valence-electron chi connectivity index (χ3n) is 4.24. The molecule has 4 rings (SSSR count). The SMILES string of the molecule is Cc1cc(C)c2c(c1)OC(=O)CC2c1ccc2c(c1)OCO2. The molecule has 0 N–H and O–H groups in total. The molecule has 22 heavy (non-hydrogen) atoms. The highest BCUT2D eigenvalue weighted by Gasteiger charge is 2.31. The lowest BCUT2D eigenvalue weighted by Crippen LogP contribution is -2.22. The summed E-state index contributed by atoms with van der Waals surface area (Å²) in [5.74, 6) is 1.97. The number of esters is 1. The third-order valence-corrected chi connectivity index (χ3v) is 4.24. The standard InChI is InChI=1S/C18H16O4/c1-10-5-11(2)18-13(8-17(19)22-16(18)6-10)12-3-4-14-15(7-12)21-9-20-14/h3-7,13H,8-9H2,1-2H3. The van der Waals surface area contributed by atoms with Gasteiger partial charge >= 0.3 is 5.97 Å². The van der Waals surface area contributed by atoms with Crippen LogP contribution in [-0.4, -0.2) is 12.8 Å². The lowest BCUT2D eigenvalue weighted by atomic mass is 9.83. The van der Waals surface area contributed by atoms with E-state index in [-0.39, 0.29) is 18.7 Å². The van der Waals surface area contributed by atoms with Crippen LogP contribution in [0.3, 0.4) is 0 Å². The Bertz CT molecular complexity index is 779. The molecular formula is C18H16O4. The van der Waals surface area contributed by atoms with Crippen molar-refractivity contribution in [1.29, 1.82) is 0 Å². The summed E-state index contributed by atoms with van der Waals surface area (Å²) < 4.78 is 16.3. The molecule has 112 valence electrons. The van der Waals surface area contributed by atoms with Crippen molar-refractivity contribution >= 4 is 5.97 Å². The minimum atomic E-state index is -0.194. The van der Waals surface area contributed by atoms with Crippen molar-refractivity contribution in [1.82, 2.24) is 0 Å². The fourth-order valence-corrected chi connectivity index (χ4v) is 3.32. The second-order valence-corrected chi connectivity index (χ2v) is 5.84. The van der Waals surface area contributed by atoms with Crippen LogP contribution < -0.4 is 14.2 Å². The summed E-state index contributed by atoms with van der Waals surface area (Å²) in [6, 6.07) is 9.92. The average Bonchev–Trinajstić information content (AvgIpc) is 2.92. The molecule has 2 heterocycles. The van der Waals surface area contributed by atoms with E-state index in [1.165, 1.54) is 0 Å². The molecule has 0 saturated carbocycles. The zero-order valence-electron chi connectivity index (χ0n) is 12.5. The van der Waals surface area contributed by atoms with Crippen molar-refractivity contribution in [3.05, 3.63) is 52.6 Å². The smallest absolute Gasteiger partial charge is 0.312 e. The van der Waals surface area contributed by atoms with Crippen LogP contribution in [-0.2, 0) is 4.79 Å². The zero-order chi connectivity index (χ0) is 15.3. The molecule has 0 fully saturated rings. The number of carbonyl (C=O) groups excluding carboxylic acids is 1. The normalized spacial score (nSPS) is 18.8. The molecule has 0 saturated heterocycles. The Balaban J connectivity index is 1.85. The quantitative estimate of drug-likeness (QED) is 0.597. The topological polar surface area (TPSA) is 44.8 Å². The summed E-state index contributed by atoms with van der Waals surface area (Å²) in [5.41, 5.74) is 4.37. The predicted octanol–water partition coefficient (Wildman–Crippen LogP) is 3.47. The monoisotopic (exact) mass is 296 g/mol. The first-order chi connectivity index (χ1) is 10.6.